The summed E-state index contributed by atoms with van der Waals surface area (Å²) in [5, 5.41) is 5.82. The number of amides is 1. The number of rotatable bonds is 7. The van der Waals surface area contributed by atoms with E-state index in [1.807, 2.05) is 43.5 Å². The molecule has 0 bridgehead atoms. The van der Waals surface area contributed by atoms with Gasteiger partial charge < -0.3 is 22.1 Å². The maximum absolute atomic E-state index is 12.2. The average Bonchev–Trinajstić information content (AvgIpc) is 2.67. The van der Waals surface area contributed by atoms with Gasteiger partial charge in [-0.2, -0.15) is 0 Å². The highest BCUT2D eigenvalue weighted by atomic mass is 32.2. The Bertz CT molecular complexity index is 817. The summed E-state index contributed by atoms with van der Waals surface area (Å²) in [4.78, 5) is 13.4. The minimum atomic E-state index is -0.301. The molecule has 0 saturated heterocycles. The molecule has 0 saturated carbocycles. The predicted molar refractivity (Wildman–Crippen MR) is 112 cm³/mol. The summed E-state index contributed by atoms with van der Waals surface area (Å²) in [6, 6.07) is 13.9. The van der Waals surface area contributed by atoms with Crippen molar-refractivity contribution in [2.75, 3.05) is 25.6 Å². The monoisotopic (exact) mass is 370 g/mol. The largest absolute Gasteiger partial charge is 0.398 e. The molecule has 2 aromatic rings. The van der Waals surface area contributed by atoms with E-state index < -0.39 is 0 Å². The smallest absolute Gasteiger partial charge is 0.269 e. The quantitative estimate of drug-likeness (QED) is 0.341. The number of nitrogens with one attached hydrogen (secondary N) is 2. The summed E-state index contributed by atoms with van der Waals surface area (Å²) in [6.45, 7) is 2.57. The van der Waals surface area contributed by atoms with E-state index in [0.717, 1.165) is 22.4 Å². The summed E-state index contributed by atoms with van der Waals surface area (Å²) >= 11 is 1.68. The van der Waals surface area contributed by atoms with E-state index >= 15 is 0 Å². The predicted octanol–water partition coefficient (Wildman–Crippen LogP) is 3.03. The van der Waals surface area contributed by atoms with Crippen LogP contribution in [0.4, 0.5) is 5.69 Å². The van der Waals surface area contributed by atoms with Crippen molar-refractivity contribution in [3.63, 3.8) is 0 Å². The Morgan fingerprint density at radius 1 is 1.19 bits per heavy atom. The van der Waals surface area contributed by atoms with Crippen LogP contribution >= 0.6 is 11.8 Å². The number of carbonyl (C=O) groups is 1. The van der Waals surface area contributed by atoms with Crippen molar-refractivity contribution in [2.45, 2.75) is 18.2 Å². The lowest BCUT2D eigenvalue weighted by molar-refractivity contribution is -0.117. The van der Waals surface area contributed by atoms with Gasteiger partial charge in [-0.25, -0.2) is 0 Å². The molecule has 0 heterocycles. The first-order chi connectivity index (χ1) is 12.5. The Morgan fingerprint density at radius 2 is 1.92 bits per heavy atom. The molecule has 0 aliphatic carbocycles. The number of nitrogen functional groups attached to an aromatic ring is 1. The number of nitrogens with two attached hydrogens (primary N) is 2. The van der Waals surface area contributed by atoms with Gasteiger partial charge in [-0.3, -0.25) is 4.79 Å². The van der Waals surface area contributed by atoms with E-state index in [-0.39, 0.29) is 11.6 Å². The molecular formula is C20H26N4OS. The van der Waals surface area contributed by atoms with Crippen LogP contribution in [0.15, 0.2) is 53.1 Å². The first-order valence-corrected chi connectivity index (χ1v) is 9.74. The van der Waals surface area contributed by atoms with Crippen LogP contribution < -0.4 is 22.1 Å². The van der Waals surface area contributed by atoms with E-state index in [0.29, 0.717) is 23.5 Å². The molecule has 0 fully saturated rings. The molecule has 0 radical (unpaired) electrons. The lowest BCUT2D eigenvalue weighted by Crippen LogP contribution is -2.32. The Labute approximate surface area is 159 Å². The third kappa shape index (κ3) is 4.32. The normalized spacial score (nSPS) is 11.7. The molecular weight excluding hydrogens is 344 g/mol. The van der Waals surface area contributed by atoms with Crippen molar-refractivity contribution in [1.82, 2.24) is 10.6 Å². The molecule has 6 N–H and O–H groups in total. The molecule has 0 aliphatic rings. The number of carbonyl (C=O) groups excluding carboxylic acids is 1. The lowest BCUT2D eigenvalue weighted by Gasteiger charge is -2.16. The van der Waals surface area contributed by atoms with E-state index in [9.17, 15) is 4.79 Å². The van der Waals surface area contributed by atoms with E-state index in [2.05, 4.69) is 22.8 Å². The lowest BCUT2D eigenvalue weighted by atomic mass is 9.98. The number of thioether (sulfide) groups is 1. The number of para-hydroxylation sites is 1. The Kier molecular flexibility index (Phi) is 6.97. The molecule has 2 rings (SSSR count). The fourth-order valence-corrected chi connectivity index (χ4v) is 3.15. The van der Waals surface area contributed by atoms with E-state index in [1.54, 1.807) is 18.8 Å². The first-order valence-electron chi connectivity index (χ1n) is 8.52. The van der Waals surface area contributed by atoms with Crippen LogP contribution in [0.2, 0.25) is 0 Å². The summed E-state index contributed by atoms with van der Waals surface area (Å²) < 4.78 is 0. The van der Waals surface area contributed by atoms with Crippen LogP contribution in [0.5, 0.6) is 0 Å². The third-order valence-corrected chi connectivity index (χ3v) is 4.78. The van der Waals surface area contributed by atoms with Crippen LogP contribution in [0.1, 0.15) is 18.9 Å². The number of benzene rings is 2. The topological polar surface area (TPSA) is 93.2 Å². The van der Waals surface area contributed by atoms with Gasteiger partial charge in [-0.1, -0.05) is 37.3 Å². The summed E-state index contributed by atoms with van der Waals surface area (Å²) in [7, 11) is 1.73. The van der Waals surface area contributed by atoms with Gasteiger partial charge in [0.1, 0.15) is 5.70 Å². The number of anilines is 1. The molecule has 0 aliphatic heterocycles. The zero-order chi connectivity index (χ0) is 19.1. The molecule has 0 atom stereocenters. The third-order valence-electron chi connectivity index (χ3n) is 4.06. The fourth-order valence-electron chi connectivity index (χ4n) is 2.69. The highest BCUT2D eigenvalue weighted by molar-refractivity contribution is 7.98. The second kappa shape index (κ2) is 9.20. The zero-order valence-electron chi connectivity index (χ0n) is 15.4. The minimum absolute atomic E-state index is 0.127. The van der Waals surface area contributed by atoms with Gasteiger partial charge in [0.05, 0.1) is 5.70 Å². The van der Waals surface area contributed by atoms with Crippen molar-refractivity contribution < 1.29 is 4.79 Å². The Hall–Kier alpha value is -2.60. The Morgan fingerprint density at radius 3 is 2.58 bits per heavy atom. The highest BCUT2D eigenvalue weighted by Crippen LogP contribution is 2.33. The molecule has 26 heavy (non-hydrogen) atoms. The summed E-state index contributed by atoms with van der Waals surface area (Å²) in [5.41, 5.74) is 16.4. The van der Waals surface area contributed by atoms with Crippen molar-refractivity contribution in [3.8, 4) is 11.1 Å². The van der Waals surface area contributed by atoms with Crippen molar-refractivity contribution in [3.05, 3.63) is 53.7 Å². The van der Waals surface area contributed by atoms with Gasteiger partial charge in [-0.15, -0.1) is 11.8 Å². The molecule has 0 spiro atoms. The molecule has 2 aromatic carbocycles. The molecule has 6 heteroatoms. The zero-order valence-corrected chi connectivity index (χ0v) is 16.2. The van der Waals surface area contributed by atoms with Gasteiger partial charge in [0.15, 0.2) is 0 Å². The van der Waals surface area contributed by atoms with Crippen LogP contribution in [0, 0.1) is 0 Å². The van der Waals surface area contributed by atoms with Crippen LogP contribution in [0.3, 0.4) is 0 Å². The first kappa shape index (κ1) is 19.7. The highest BCUT2D eigenvalue weighted by Gasteiger charge is 2.16. The summed E-state index contributed by atoms with van der Waals surface area (Å²) in [6.07, 6.45) is 2.88. The van der Waals surface area contributed by atoms with Crippen molar-refractivity contribution in [1.29, 1.82) is 0 Å². The molecule has 0 unspecified atom stereocenters. The number of hydrogen-bond acceptors (Lipinski definition) is 5. The van der Waals surface area contributed by atoms with E-state index in [4.69, 9.17) is 11.5 Å². The number of hydrogen-bond donors (Lipinski definition) is 4. The standard InChI is InChI=1S/C20H26N4OS/c1-4-11-24-20(25)18(22)19(23-2)16-10-6-9-15(17(16)21)13-7-5-8-14(12-13)26-3/h5-10,12,23H,4,11,21-22H2,1-3H3,(H,24,25)/b19-18+. The maximum atomic E-state index is 12.2. The second-order valence-corrected chi connectivity index (χ2v) is 6.67. The van der Waals surface area contributed by atoms with Crippen LogP contribution in [0.25, 0.3) is 16.8 Å². The molecule has 0 aromatic heterocycles. The fraction of sp³-hybridized carbons (Fsp3) is 0.250. The van der Waals surface area contributed by atoms with E-state index in [1.165, 1.54) is 0 Å². The van der Waals surface area contributed by atoms with Crippen LogP contribution in [-0.4, -0.2) is 25.8 Å². The van der Waals surface area contributed by atoms with Gasteiger partial charge in [0.25, 0.3) is 5.91 Å². The van der Waals surface area contributed by atoms with Gasteiger partial charge >= 0.3 is 0 Å². The molecule has 1 amide bonds. The van der Waals surface area contributed by atoms with Gasteiger partial charge in [0.2, 0.25) is 0 Å². The van der Waals surface area contributed by atoms with Gasteiger partial charge in [0, 0.05) is 35.3 Å². The molecule has 5 nitrogen and oxygen atoms in total. The van der Waals surface area contributed by atoms with Crippen LogP contribution in [-0.2, 0) is 4.79 Å². The second-order valence-electron chi connectivity index (χ2n) is 5.79. The van der Waals surface area contributed by atoms with Crippen molar-refractivity contribution in [2.24, 2.45) is 5.73 Å². The minimum Gasteiger partial charge on any atom is -0.398 e. The SMILES string of the molecule is CCCNC(=O)/C(N)=C(\NC)c1cccc(-c2cccc(SC)c2)c1N. The Balaban J connectivity index is 2.51. The molecule has 138 valence electrons. The maximum Gasteiger partial charge on any atom is 0.269 e. The summed E-state index contributed by atoms with van der Waals surface area (Å²) in [5.74, 6) is -0.301. The van der Waals surface area contributed by atoms with Crippen molar-refractivity contribution >= 4 is 29.1 Å². The average molecular weight is 371 g/mol. The van der Waals surface area contributed by atoms with Gasteiger partial charge in [-0.05, 0) is 30.4 Å².